The van der Waals surface area contributed by atoms with Crippen molar-refractivity contribution in [1.82, 2.24) is 41.7 Å². The van der Waals surface area contributed by atoms with E-state index in [2.05, 4.69) is 31.9 Å². The van der Waals surface area contributed by atoms with Crippen LogP contribution in [0.5, 0.6) is 0 Å². The van der Waals surface area contributed by atoms with Crippen LogP contribution in [0.25, 0.3) is 0 Å². The predicted octanol–water partition coefficient (Wildman–Crippen LogP) is -1.16. The molecule has 0 aromatic heterocycles. The Kier molecular flexibility index (Phi) is 17.0. The first-order chi connectivity index (χ1) is 26.3. The molecule has 0 aliphatic carbocycles. The second-order valence-corrected chi connectivity index (χ2v) is 15.7. The number of likely N-dealkylation sites (tertiary alicyclic amines) is 2. The number of nitrogens with one attached hydrogen (secondary N) is 6. The van der Waals surface area contributed by atoms with Crippen LogP contribution in [0.15, 0.2) is 0 Å². The summed E-state index contributed by atoms with van der Waals surface area (Å²) in [6, 6.07) is -8.12. The molecule has 0 aromatic carbocycles. The van der Waals surface area contributed by atoms with Crippen molar-refractivity contribution in [3.05, 3.63) is 0 Å². The molecule has 8 atom stereocenters. The van der Waals surface area contributed by atoms with Gasteiger partial charge >= 0.3 is 11.9 Å². The molecule has 314 valence electrons. The summed E-state index contributed by atoms with van der Waals surface area (Å²) in [5.41, 5.74) is 0. The second kappa shape index (κ2) is 20.9. The van der Waals surface area contributed by atoms with Gasteiger partial charge in [-0.3, -0.25) is 38.4 Å². The number of hydrogen-bond acceptors (Lipinski definition) is 10. The summed E-state index contributed by atoms with van der Waals surface area (Å²) in [5, 5.41) is 35.0. The molecule has 19 heteroatoms. The van der Waals surface area contributed by atoms with Gasteiger partial charge in [0.1, 0.15) is 42.3 Å². The minimum Gasteiger partial charge on any atom is -0.481 e. The Labute approximate surface area is 327 Å². The van der Waals surface area contributed by atoms with E-state index in [0.717, 1.165) is 6.42 Å². The fraction of sp³-hybridized carbons (Fsp3) is 0.757. The van der Waals surface area contributed by atoms with E-state index in [1.165, 1.54) is 23.6 Å². The van der Waals surface area contributed by atoms with Gasteiger partial charge in [0.2, 0.25) is 41.4 Å². The molecule has 0 bridgehead atoms. The van der Waals surface area contributed by atoms with Gasteiger partial charge in [0.05, 0.1) is 6.04 Å². The van der Waals surface area contributed by atoms with Crippen molar-refractivity contribution < 1.29 is 53.4 Å². The van der Waals surface area contributed by atoms with Gasteiger partial charge in [-0.1, -0.05) is 27.7 Å². The lowest BCUT2D eigenvalue weighted by molar-refractivity contribution is -0.146. The quantitative estimate of drug-likeness (QED) is 0.0770. The highest BCUT2D eigenvalue weighted by Gasteiger charge is 2.43. The highest BCUT2D eigenvalue weighted by Crippen LogP contribution is 2.24. The zero-order chi connectivity index (χ0) is 41.9. The minimum absolute atomic E-state index is 0.00491. The molecule has 0 radical (unpaired) electrons. The van der Waals surface area contributed by atoms with Crippen LogP contribution in [0.4, 0.5) is 0 Å². The summed E-state index contributed by atoms with van der Waals surface area (Å²) in [6.45, 7) is 11.0. The van der Waals surface area contributed by atoms with E-state index in [4.69, 9.17) is 0 Å². The van der Waals surface area contributed by atoms with Gasteiger partial charge in [-0.25, -0.2) is 4.79 Å². The highest BCUT2D eigenvalue weighted by atomic mass is 16.4. The van der Waals surface area contributed by atoms with Crippen LogP contribution in [0.1, 0.15) is 99.3 Å². The van der Waals surface area contributed by atoms with Crippen molar-refractivity contribution in [3.63, 3.8) is 0 Å². The lowest BCUT2D eigenvalue weighted by Crippen LogP contribution is -2.60. The van der Waals surface area contributed by atoms with E-state index < -0.39 is 108 Å². The second-order valence-electron chi connectivity index (χ2n) is 15.7. The molecule has 3 fully saturated rings. The van der Waals surface area contributed by atoms with Gasteiger partial charge in [0.15, 0.2) is 0 Å². The summed E-state index contributed by atoms with van der Waals surface area (Å²) < 4.78 is 0. The van der Waals surface area contributed by atoms with Crippen LogP contribution >= 0.6 is 0 Å². The molecule has 3 aliphatic rings. The van der Waals surface area contributed by atoms with E-state index in [1.807, 2.05) is 13.8 Å². The molecule has 19 nitrogen and oxygen atoms in total. The van der Waals surface area contributed by atoms with Gasteiger partial charge in [-0.15, -0.1) is 0 Å². The molecule has 3 aliphatic heterocycles. The van der Waals surface area contributed by atoms with Gasteiger partial charge < -0.3 is 51.9 Å². The topological polar surface area (TPSA) is 273 Å². The fourth-order valence-electron chi connectivity index (χ4n) is 7.22. The lowest BCUT2D eigenvalue weighted by Gasteiger charge is -2.33. The van der Waals surface area contributed by atoms with Crippen LogP contribution in [-0.4, -0.2) is 141 Å². The molecule has 3 rings (SSSR count). The minimum atomic E-state index is -1.37. The fourth-order valence-corrected chi connectivity index (χ4v) is 7.22. The third-order valence-corrected chi connectivity index (χ3v) is 10.4. The van der Waals surface area contributed by atoms with Crippen LogP contribution in [0.2, 0.25) is 0 Å². The summed E-state index contributed by atoms with van der Waals surface area (Å²) in [5.74, 6) is -7.08. The first-order valence-electron chi connectivity index (χ1n) is 19.6. The number of carbonyl (C=O) groups is 9. The van der Waals surface area contributed by atoms with Crippen molar-refractivity contribution in [2.45, 2.75) is 148 Å². The van der Waals surface area contributed by atoms with Crippen molar-refractivity contribution >= 4 is 53.3 Å². The maximum atomic E-state index is 13.9. The van der Waals surface area contributed by atoms with Crippen LogP contribution < -0.4 is 31.9 Å². The normalized spacial score (nSPS) is 22.1. The maximum Gasteiger partial charge on any atom is 0.326 e. The molecule has 0 saturated carbocycles. The Morgan fingerprint density at radius 2 is 1.20 bits per heavy atom. The Morgan fingerprint density at radius 3 is 1.71 bits per heavy atom. The Bertz CT molecular complexity index is 1480. The average Bonchev–Trinajstić information content (AvgIpc) is 3.93. The zero-order valence-electron chi connectivity index (χ0n) is 33.2. The number of nitrogens with zero attached hydrogens (tertiary/aromatic N) is 2. The molecular formula is C37H60N8O11. The average molecular weight is 793 g/mol. The van der Waals surface area contributed by atoms with Gasteiger partial charge in [0.25, 0.3) is 0 Å². The summed E-state index contributed by atoms with van der Waals surface area (Å²) in [6.07, 6.45) is 2.32. The third-order valence-electron chi connectivity index (χ3n) is 10.4. The number of amides is 7. The zero-order valence-corrected chi connectivity index (χ0v) is 33.2. The number of carboxylic acids is 2. The summed E-state index contributed by atoms with van der Waals surface area (Å²) >= 11 is 0. The lowest BCUT2D eigenvalue weighted by atomic mass is 10.0. The molecule has 0 spiro atoms. The third kappa shape index (κ3) is 12.6. The largest absolute Gasteiger partial charge is 0.481 e. The molecule has 3 heterocycles. The van der Waals surface area contributed by atoms with Gasteiger partial charge in [0, 0.05) is 19.5 Å². The van der Waals surface area contributed by atoms with E-state index in [0.29, 0.717) is 32.2 Å². The first kappa shape index (κ1) is 45.6. The molecule has 3 saturated heterocycles. The van der Waals surface area contributed by atoms with Gasteiger partial charge in [-0.05, 0) is 83.6 Å². The van der Waals surface area contributed by atoms with E-state index in [1.54, 1.807) is 13.8 Å². The number of rotatable bonds is 19. The van der Waals surface area contributed by atoms with Crippen molar-refractivity contribution in [2.24, 2.45) is 11.8 Å². The predicted molar refractivity (Wildman–Crippen MR) is 200 cm³/mol. The number of carboxylic acid groups (broad SMARTS) is 2. The van der Waals surface area contributed by atoms with Gasteiger partial charge in [-0.2, -0.15) is 0 Å². The molecule has 0 unspecified atom stereocenters. The molecular weight excluding hydrogens is 732 g/mol. The number of aliphatic carboxylic acids is 2. The van der Waals surface area contributed by atoms with E-state index >= 15 is 0 Å². The summed E-state index contributed by atoms with van der Waals surface area (Å²) in [7, 11) is 0. The van der Waals surface area contributed by atoms with Crippen LogP contribution in [0, 0.1) is 11.8 Å². The van der Waals surface area contributed by atoms with Crippen LogP contribution in [-0.2, 0) is 43.2 Å². The summed E-state index contributed by atoms with van der Waals surface area (Å²) in [4.78, 5) is 119. The molecule has 7 amide bonds. The first-order valence-corrected chi connectivity index (χ1v) is 19.6. The SMILES string of the molecule is CC(C)C[C@H](NC(=O)[C@@H]1CCCN1C(=O)[C@@H](NC(=O)[C@@H]1CCCN1C(=O)[C@H](CCC(=O)O)NC(=O)[C@H](C)NC(=O)[C@H](C)NC(=O)[C@@H]1CCCN1)C(C)C)C(=O)O. The van der Waals surface area contributed by atoms with Crippen LogP contribution in [0.3, 0.4) is 0 Å². The number of hydrogen-bond donors (Lipinski definition) is 8. The number of carbonyl (C=O) groups excluding carboxylic acids is 7. The molecule has 0 aromatic rings. The maximum absolute atomic E-state index is 13.9. The Morgan fingerprint density at radius 1 is 0.643 bits per heavy atom. The Balaban J connectivity index is 1.68. The highest BCUT2D eigenvalue weighted by molar-refractivity contribution is 5.98. The van der Waals surface area contributed by atoms with Crippen molar-refractivity contribution in [2.75, 3.05) is 19.6 Å². The standard InChI is InChI=1S/C37H60N8O11/c1-19(2)18-25(37(55)56)42-33(51)26-11-9-17-45(26)36(54)29(20(3)4)43-34(52)27-12-8-16-44(27)35(53)24(13-14-28(46)47)41-31(49)22(6)39-30(48)21(5)40-32(50)23-10-7-15-38-23/h19-27,29,38H,7-18H2,1-6H3,(H,39,48)(H,40,50)(H,41,49)(H,42,51)(H,43,52)(H,46,47)(H,55,56)/t21-,22-,23-,24-,25-,26-,27-,29-/m0/s1. The van der Waals surface area contributed by atoms with E-state index in [9.17, 15) is 53.4 Å². The molecule has 56 heavy (non-hydrogen) atoms. The monoisotopic (exact) mass is 792 g/mol. The van der Waals surface area contributed by atoms with E-state index in [-0.39, 0.29) is 44.2 Å². The van der Waals surface area contributed by atoms with Crippen molar-refractivity contribution in [1.29, 1.82) is 0 Å². The smallest absolute Gasteiger partial charge is 0.326 e. The Hall–Kier alpha value is -4.81. The van der Waals surface area contributed by atoms with Crippen molar-refractivity contribution in [3.8, 4) is 0 Å². The molecule has 8 N–H and O–H groups in total.